The van der Waals surface area contributed by atoms with Crippen molar-refractivity contribution in [3.63, 3.8) is 0 Å². The number of piperazine rings is 1. The second-order valence-corrected chi connectivity index (χ2v) is 7.76. The molecule has 0 bridgehead atoms. The van der Waals surface area contributed by atoms with Crippen molar-refractivity contribution in [2.75, 3.05) is 36.4 Å². The summed E-state index contributed by atoms with van der Waals surface area (Å²) in [4.78, 5) is 20.8. The molecule has 7 nitrogen and oxygen atoms in total. The number of hydrogen-bond acceptors (Lipinski definition) is 6. The Labute approximate surface area is 186 Å². The number of carbonyl (C=O) groups is 1. The molecule has 2 aromatic heterocycles. The molecule has 0 radical (unpaired) electrons. The molecule has 0 spiro atoms. The lowest BCUT2D eigenvalue weighted by atomic mass is 10.2. The van der Waals surface area contributed by atoms with E-state index in [1.54, 1.807) is 12.3 Å². The molecule has 1 N–H and O–H groups in total. The summed E-state index contributed by atoms with van der Waals surface area (Å²) in [6.45, 7) is 4.69. The highest BCUT2D eigenvalue weighted by atomic mass is 35.5. The molecule has 0 atom stereocenters. The first kappa shape index (κ1) is 20.8. The minimum atomic E-state index is 0.00540. The van der Waals surface area contributed by atoms with Gasteiger partial charge in [0.2, 0.25) is 5.91 Å². The lowest BCUT2D eigenvalue weighted by molar-refractivity contribution is -0.126. The Balaban J connectivity index is 1.29. The third-order valence-electron chi connectivity index (χ3n) is 5.02. The van der Waals surface area contributed by atoms with Gasteiger partial charge in [-0.05, 0) is 54.5 Å². The zero-order chi connectivity index (χ0) is 21.6. The molecule has 0 aliphatic carbocycles. The fourth-order valence-corrected chi connectivity index (χ4v) is 3.36. The highest BCUT2D eigenvalue weighted by Gasteiger charge is 2.20. The van der Waals surface area contributed by atoms with E-state index in [1.165, 1.54) is 0 Å². The molecular formula is C23H23ClN6O. The van der Waals surface area contributed by atoms with Crippen molar-refractivity contribution < 1.29 is 4.79 Å². The molecule has 1 fully saturated rings. The Morgan fingerprint density at radius 3 is 2.35 bits per heavy atom. The predicted molar refractivity (Wildman–Crippen MR) is 124 cm³/mol. The van der Waals surface area contributed by atoms with Crippen LogP contribution in [0, 0.1) is 6.92 Å². The van der Waals surface area contributed by atoms with Crippen LogP contribution in [0.25, 0.3) is 6.08 Å². The average Bonchev–Trinajstić information content (AvgIpc) is 2.81. The molecule has 3 heterocycles. The summed E-state index contributed by atoms with van der Waals surface area (Å²) in [7, 11) is 0. The van der Waals surface area contributed by atoms with Gasteiger partial charge in [0.05, 0.1) is 0 Å². The van der Waals surface area contributed by atoms with Crippen LogP contribution >= 0.6 is 11.6 Å². The summed E-state index contributed by atoms with van der Waals surface area (Å²) < 4.78 is 0. The van der Waals surface area contributed by atoms with Gasteiger partial charge in [-0.2, -0.15) is 0 Å². The molecule has 1 aromatic carbocycles. The molecule has 1 aliphatic rings. The third-order valence-corrected chi connectivity index (χ3v) is 5.27. The summed E-state index contributed by atoms with van der Waals surface area (Å²) in [5.41, 5.74) is 2.05. The first-order valence-electron chi connectivity index (χ1n) is 10.1. The van der Waals surface area contributed by atoms with Gasteiger partial charge in [0.1, 0.15) is 5.82 Å². The summed E-state index contributed by atoms with van der Waals surface area (Å²) in [5, 5.41) is 12.4. The summed E-state index contributed by atoms with van der Waals surface area (Å²) >= 11 is 5.89. The Bertz CT molecular complexity index is 1040. The maximum Gasteiger partial charge on any atom is 0.246 e. The minimum absolute atomic E-state index is 0.00540. The van der Waals surface area contributed by atoms with Crippen LogP contribution in [0.15, 0.2) is 60.8 Å². The Hall–Kier alpha value is -3.45. The fourth-order valence-electron chi connectivity index (χ4n) is 3.24. The molecule has 3 aromatic rings. The zero-order valence-corrected chi connectivity index (χ0v) is 18.0. The Morgan fingerprint density at radius 1 is 0.968 bits per heavy atom. The standard InChI is InChI=1S/C23H23ClN6O/c1-17-2-8-20(25-16-17)26-21-9-10-22(28-27-21)29-12-14-30(15-13-29)23(31)11-5-18-3-6-19(24)7-4-18/h2-11,16H,12-15H2,1H3,(H,25,26,27)/b11-5+. The van der Waals surface area contributed by atoms with E-state index in [2.05, 4.69) is 25.4 Å². The van der Waals surface area contributed by atoms with Crippen LogP contribution in [0.3, 0.4) is 0 Å². The van der Waals surface area contributed by atoms with Crippen LogP contribution < -0.4 is 10.2 Å². The third kappa shape index (κ3) is 5.58. The summed E-state index contributed by atoms with van der Waals surface area (Å²) in [6, 6.07) is 15.1. The molecule has 158 valence electrons. The van der Waals surface area contributed by atoms with E-state index in [-0.39, 0.29) is 5.91 Å². The number of aromatic nitrogens is 3. The monoisotopic (exact) mass is 434 g/mol. The maximum atomic E-state index is 12.5. The second kappa shape index (κ2) is 9.57. The van der Waals surface area contributed by atoms with Crippen molar-refractivity contribution in [3.8, 4) is 0 Å². The Morgan fingerprint density at radius 2 is 1.71 bits per heavy atom. The van der Waals surface area contributed by atoms with Crippen LogP contribution in [0.5, 0.6) is 0 Å². The number of carbonyl (C=O) groups excluding carboxylic acids is 1. The quantitative estimate of drug-likeness (QED) is 0.613. The molecule has 0 saturated carbocycles. The van der Waals surface area contributed by atoms with Gasteiger partial charge in [0.25, 0.3) is 0 Å². The van der Waals surface area contributed by atoms with Gasteiger partial charge in [0, 0.05) is 43.5 Å². The van der Waals surface area contributed by atoms with Crippen molar-refractivity contribution in [1.29, 1.82) is 0 Å². The van der Waals surface area contributed by atoms with Crippen LogP contribution in [0.1, 0.15) is 11.1 Å². The Kier molecular flexibility index (Phi) is 6.43. The van der Waals surface area contributed by atoms with Gasteiger partial charge >= 0.3 is 0 Å². The molecular weight excluding hydrogens is 412 g/mol. The number of rotatable bonds is 5. The van der Waals surface area contributed by atoms with E-state index < -0.39 is 0 Å². The lowest BCUT2D eigenvalue weighted by Gasteiger charge is -2.34. The van der Waals surface area contributed by atoms with Crippen LogP contribution in [-0.2, 0) is 4.79 Å². The van der Waals surface area contributed by atoms with Gasteiger partial charge in [-0.15, -0.1) is 10.2 Å². The predicted octanol–water partition coefficient (Wildman–Crippen LogP) is 3.94. The van der Waals surface area contributed by atoms with Crippen molar-refractivity contribution in [1.82, 2.24) is 20.1 Å². The number of amides is 1. The maximum absolute atomic E-state index is 12.5. The van der Waals surface area contributed by atoms with Gasteiger partial charge in [-0.1, -0.05) is 29.8 Å². The second-order valence-electron chi connectivity index (χ2n) is 7.32. The normalized spacial score (nSPS) is 14.1. The number of aryl methyl sites for hydroxylation is 1. The van der Waals surface area contributed by atoms with E-state index in [4.69, 9.17) is 11.6 Å². The van der Waals surface area contributed by atoms with Crippen LogP contribution in [-0.4, -0.2) is 52.2 Å². The SMILES string of the molecule is Cc1ccc(Nc2ccc(N3CCN(C(=O)/C=C/c4ccc(Cl)cc4)CC3)nn2)nc1. The molecule has 4 rings (SSSR count). The first-order valence-corrected chi connectivity index (χ1v) is 10.5. The van der Waals surface area contributed by atoms with Gasteiger partial charge < -0.3 is 15.1 Å². The average molecular weight is 435 g/mol. The van der Waals surface area contributed by atoms with E-state index in [0.29, 0.717) is 37.0 Å². The molecule has 1 amide bonds. The molecule has 31 heavy (non-hydrogen) atoms. The van der Waals surface area contributed by atoms with Gasteiger partial charge in [0.15, 0.2) is 11.6 Å². The van der Waals surface area contributed by atoms with Crippen molar-refractivity contribution in [2.45, 2.75) is 6.92 Å². The fraction of sp³-hybridized carbons (Fsp3) is 0.217. The van der Waals surface area contributed by atoms with E-state index in [0.717, 1.165) is 22.8 Å². The number of nitrogens with one attached hydrogen (secondary N) is 1. The molecule has 0 unspecified atom stereocenters. The van der Waals surface area contributed by atoms with Crippen LogP contribution in [0.4, 0.5) is 17.5 Å². The number of hydrogen-bond donors (Lipinski definition) is 1. The zero-order valence-electron chi connectivity index (χ0n) is 17.2. The minimum Gasteiger partial charge on any atom is -0.352 e. The summed E-state index contributed by atoms with van der Waals surface area (Å²) in [6.07, 6.45) is 5.22. The number of nitrogens with zero attached hydrogens (tertiary/aromatic N) is 5. The largest absolute Gasteiger partial charge is 0.352 e. The van der Waals surface area contributed by atoms with E-state index in [9.17, 15) is 4.79 Å². The number of benzene rings is 1. The van der Waals surface area contributed by atoms with Gasteiger partial charge in [-0.3, -0.25) is 4.79 Å². The lowest BCUT2D eigenvalue weighted by Crippen LogP contribution is -2.48. The van der Waals surface area contributed by atoms with E-state index in [1.807, 2.05) is 66.4 Å². The molecule has 8 heteroatoms. The first-order chi connectivity index (χ1) is 15.1. The molecule has 1 saturated heterocycles. The topological polar surface area (TPSA) is 74.2 Å². The van der Waals surface area contributed by atoms with Crippen molar-refractivity contribution in [3.05, 3.63) is 77.0 Å². The van der Waals surface area contributed by atoms with Gasteiger partial charge in [-0.25, -0.2) is 4.98 Å². The number of halogens is 1. The highest BCUT2D eigenvalue weighted by Crippen LogP contribution is 2.17. The van der Waals surface area contributed by atoms with Crippen LogP contribution in [0.2, 0.25) is 5.02 Å². The number of pyridine rings is 1. The number of anilines is 3. The smallest absolute Gasteiger partial charge is 0.246 e. The summed E-state index contributed by atoms with van der Waals surface area (Å²) in [5.74, 6) is 2.17. The van der Waals surface area contributed by atoms with Crippen molar-refractivity contribution >= 4 is 41.0 Å². The highest BCUT2D eigenvalue weighted by molar-refractivity contribution is 6.30. The van der Waals surface area contributed by atoms with E-state index >= 15 is 0 Å². The molecule has 1 aliphatic heterocycles. The van der Waals surface area contributed by atoms with Crippen molar-refractivity contribution in [2.24, 2.45) is 0 Å².